The third-order valence-electron chi connectivity index (χ3n) is 12.4. The van der Waals surface area contributed by atoms with E-state index in [9.17, 15) is 42.7 Å². The lowest BCUT2D eigenvalue weighted by Gasteiger charge is -2.35. The average Bonchev–Trinajstić information content (AvgIpc) is 4.00. The number of hydrogen-bond donors (Lipinski definition) is 3. The quantitative estimate of drug-likeness (QED) is 0.0651. The Balaban J connectivity index is 0.879. The molecule has 2 saturated heterocycles. The number of nitriles is 1. The van der Waals surface area contributed by atoms with Crippen LogP contribution in [-0.4, -0.2) is 101 Å². The van der Waals surface area contributed by atoms with Crippen molar-refractivity contribution in [3.8, 4) is 28.0 Å². The number of nitrogens with zero attached hydrogens (tertiary/aromatic N) is 6. The monoisotopic (exact) mass is 1020 g/mol. The number of ether oxygens (including phenoxy) is 2. The molecule has 15 nitrogen and oxygen atoms in total. The van der Waals surface area contributed by atoms with Crippen LogP contribution in [0.2, 0.25) is 0 Å². The smallest absolute Gasteiger partial charge is 0.417 e. The van der Waals surface area contributed by atoms with Crippen LogP contribution >= 0.6 is 23.6 Å². The highest BCUT2D eigenvalue weighted by atomic mass is 32.1. The summed E-state index contributed by atoms with van der Waals surface area (Å²) in [6, 6.07) is 24.2. The summed E-state index contributed by atoms with van der Waals surface area (Å²) < 4.78 is 53.0. The molecule has 2 aliphatic rings. The summed E-state index contributed by atoms with van der Waals surface area (Å²) in [5, 5.41) is 25.7. The van der Waals surface area contributed by atoms with Gasteiger partial charge in [0.25, 0.3) is 5.91 Å². The summed E-state index contributed by atoms with van der Waals surface area (Å²) in [6.45, 7) is 11.1. The molecule has 1 aromatic heterocycles. The Bertz CT molecular complexity index is 2860. The molecule has 72 heavy (non-hydrogen) atoms. The van der Waals surface area contributed by atoms with Crippen LogP contribution in [-0.2, 0) is 31.9 Å². The topological polar surface area (TPSA) is 181 Å². The van der Waals surface area contributed by atoms with Crippen LogP contribution in [0.5, 0.6) is 11.5 Å². The number of aryl methyl sites for hydroxylation is 1. The van der Waals surface area contributed by atoms with Crippen LogP contribution < -0.4 is 34.8 Å². The molecule has 0 spiro atoms. The minimum Gasteiger partial charge on any atom is -0.490 e. The number of alkyl halides is 3. The van der Waals surface area contributed by atoms with Crippen LogP contribution in [0.25, 0.3) is 10.4 Å². The maximum Gasteiger partial charge on any atom is 0.417 e. The van der Waals surface area contributed by atoms with E-state index in [4.69, 9.17) is 21.7 Å². The predicted molar refractivity (Wildman–Crippen MR) is 272 cm³/mol. The molecule has 0 unspecified atom stereocenters. The molecule has 3 heterocycles. The molecule has 0 aliphatic carbocycles. The van der Waals surface area contributed by atoms with Crippen LogP contribution in [0.15, 0.2) is 96.5 Å². The van der Waals surface area contributed by atoms with Crippen molar-refractivity contribution in [1.29, 1.82) is 5.26 Å². The van der Waals surface area contributed by atoms with Crippen LogP contribution in [0, 0.1) is 23.7 Å². The SMILES string of the molecule is Cc1ncsc1-c1ccc(CNC(=O)[C@@H]2C[C@@H](O)CN2C(=O)[C@@H](NC(=O)CN(C)c2ccc(OCCOc3ccc(N4C(=S)N(c5ccc(C#N)c(C(F)(F)F)c5)C(=O)C4(C)C)cc3)cc2)C(C)(C)C)cc1. The van der Waals surface area contributed by atoms with Crippen LogP contribution in [0.3, 0.4) is 0 Å². The highest BCUT2D eigenvalue weighted by Crippen LogP contribution is 2.40. The van der Waals surface area contributed by atoms with Gasteiger partial charge in [-0.05, 0) is 116 Å². The molecule has 4 aromatic carbocycles. The van der Waals surface area contributed by atoms with Gasteiger partial charge in [0.2, 0.25) is 17.7 Å². The molecule has 7 rings (SSSR count). The molecule has 2 fully saturated rings. The van der Waals surface area contributed by atoms with Crippen molar-refractivity contribution in [2.45, 2.75) is 84.4 Å². The van der Waals surface area contributed by atoms with E-state index >= 15 is 0 Å². The number of nitrogens with one attached hydrogen (secondary N) is 2. The summed E-state index contributed by atoms with van der Waals surface area (Å²) in [5.41, 5.74) is 2.04. The first-order valence-electron chi connectivity index (χ1n) is 23.0. The number of carbonyl (C=O) groups excluding carboxylic acids is 4. The van der Waals surface area contributed by atoms with E-state index in [-0.39, 0.29) is 50.1 Å². The minimum atomic E-state index is -4.82. The highest BCUT2D eigenvalue weighted by molar-refractivity contribution is 7.81. The number of benzene rings is 4. The lowest BCUT2D eigenvalue weighted by Crippen LogP contribution is -2.58. The number of aliphatic hydroxyl groups is 1. The van der Waals surface area contributed by atoms with E-state index in [0.717, 1.165) is 38.7 Å². The van der Waals surface area contributed by atoms with Gasteiger partial charge in [-0.2, -0.15) is 18.4 Å². The molecule has 378 valence electrons. The Labute approximate surface area is 425 Å². The normalized spacial score (nSPS) is 17.1. The number of thiocarbonyl (C=S) groups is 1. The van der Waals surface area contributed by atoms with Crippen molar-refractivity contribution >= 4 is 69.4 Å². The minimum absolute atomic E-state index is 0.0268. The lowest BCUT2D eigenvalue weighted by atomic mass is 9.85. The summed E-state index contributed by atoms with van der Waals surface area (Å²) in [5.74, 6) is -0.773. The molecular weight excluding hydrogens is 970 g/mol. The Hall–Kier alpha value is -7.08. The van der Waals surface area contributed by atoms with Gasteiger partial charge in [-0.1, -0.05) is 45.0 Å². The highest BCUT2D eigenvalue weighted by Gasteiger charge is 2.51. The van der Waals surface area contributed by atoms with Gasteiger partial charge in [0, 0.05) is 37.9 Å². The van der Waals surface area contributed by atoms with Crippen molar-refractivity contribution in [2.24, 2.45) is 5.41 Å². The second-order valence-electron chi connectivity index (χ2n) is 19.1. The number of hydrogen-bond acceptors (Lipinski definition) is 12. The summed E-state index contributed by atoms with van der Waals surface area (Å²) >= 11 is 7.19. The first-order valence-corrected chi connectivity index (χ1v) is 24.3. The number of β-amino-alcohol motifs (C(OH)–C–C–N with tert-alkyl or cyclic N) is 1. The fourth-order valence-electron chi connectivity index (χ4n) is 8.56. The molecule has 3 N–H and O–H groups in total. The van der Waals surface area contributed by atoms with E-state index in [1.165, 1.54) is 11.0 Å². The largest absolute Gasteiger partial charge is 0.490 e. The van der Waals surface area contributed by atoms with Gasteiger partial charge in [-0.3, -0.25) is 24.1 Å². The summed E-state index contributed by atoms with van der Waals surface area (Å²) in [4.78, 5) is 65.8. The Morgan fingerprint density at radius 1 is 0.972 bits per heavy atom. The van der Waals surface area contributed by atoms with E-state index in [2.05, 4.69) is 15.6 Å². The number of rotatable bonds is 16. The van der Waals surface area contributed by atoms with Gasteiger partial charge in [0.05, 0.1) is 51.6 Å². The molecule has 3 atom stereocenters. The number of carbonyl (C=O) groups is 4. The standard InChI is InChI=1S/C52H55F3N8O7S2/c1-31-44(72-30-58-31)33-10-8-32(9-11-33)27-57-46(66)42-25-38(64)28-61(42)47(67)45(50(2,3)4)59-43(65)29-60(7)35-14-18-39(19-15-35)69-22-23-70-40-20-16-36(17-21-40)63-49(71)62(48(68)51(63,5)6)37-13-12-34(26-56)41(24-37)52(53,54)55/h8-21,24,30,38,42,45,64H,22-23,25,27-29H2,1-7H3,(H,57,66)(H,59,65)/t38-,42+,45-/m1/s1. The number of likely N-dealkylation sites (N-methyl/N-ethyl adjacent to an activating group) is 1. The average molecular weight is 1030 g/mol. The number of anilines is 3. The van der Waals surface area contributed by atoms with Crippen molar-refractivity contribution in [2.75, 3.05) is 48.1 Å². The Morgan fingerprint density at radius 3 is 2.15 bits per heavy atom. The fourth-order valence-corrected chi connectivity index (χ4v) is 9.89. The molecule has 5 aromatic rings. The molecule has 4 amide bonds. The maximum atomic E-state index is 14.2. The number of aromatic nitrogens is 1. The zero-order chi connectivity index (χ0) is 52.3. The lowest BCUT2D eigenvalue weighted by molar-refractivity contribution is -0.143. The van der Waals surface area contributed by atoms with Gasteiger partial charge >= 0.3 is 6.18 Å². The first kappa shape index (κ1) is 52.7. The molecule has 20 heteroatoms. The van der Waals surface area contributed by atoms with Gasteiger partial charge in [0.15, 0.2) is 5.11 Å². The second-order valence-corrected chi connectivity index (χ2v) is 20.4. The predicted octanol–water partition coefficient (Wildman–Crippen LogP) is 7.63. The van der Waals surface area contributed by atoms with Crippen molar-refractivity contribution in [1.82, 2.24) is 20.5 Å². The molecule has 0 saturated carbocycles. The fraction of sp³-hybridized carbons (Fsp3) is 0.365. The van der Waals surface area contributed by atoms with Gasteiger partial charge in [0.1, 0.15) is 42.3 Å². The van der Waals surface area contributed by atoms with Crippen molar-refractivity contribution in [3.05, 3.63) is 119 Å². The van der Waals surface area contributed by atoms with Crippen molar-refractivity contribution in [3.63, 3.8) is 0 Å². The number of likely N-dealkylation sites (tertiary alicyclic amines) is 1. The second kappa shape index (κ2) is 21.3. The van der Waals surface area contributed by atoms with E-state index < -0.39 is 70.1 Å². The zero-order valence-electron chi connectivity index (χ0n) is 40.7. The van der Waals surface area contributed by atoms with Gasteiger partial charge in [-0.15, -0.1) is 11.3 Å². The third kappa shape index (κ3) is 11.6. The van der Waals surface area contributed by atoms with E-state index in [1.54, 1.807) is 102 Å². The third-order valence-corrected chi connectivity index (χ3v) is 13.8. The van der Waals surface area contributed by atoms with Gasteiger partial charge in [-0.25, -0.2) is 4.98 Å². The van der Waals surface area contributed by atoms with Crippen LogP contribution in [0.1, 0.15) is 63.4 Å². The molecule has 0 radical (unpaired) electrons. The number of aliphatic hydroxyl groups excluding tert-OH is 1. The maximum absolute atomic E-state index is 14.2. The van der Waals surface area contributed by atoms with Crippen molar-refractivity contribution < 1.29 is 46.9 Å². The van der Waals surface area contributed by atoms with E-state index in [1.807, 2.05) is 52.0 Å². The molecular formula is C52H55F3N8O7S2. The van der Waals surface area contributed by atoms with E-state index in [0.29, 0.717) is 22.9 Å². The number of amides is 4. The Morgan fingerprint density at radius 2 is 1.58 bits per heavy atom. The Kier molecular flexibility index (Phi) is 15.6. The number of halogens is 3. The molecule has 2 aliphatic heterocycles. The molecule has 0 bridgehead atoms. The summed E-state index contributed by atoms with van der Waals surface area (Å²) in [7, 11) is 1.74. The first-order chi connectivity index (χ1) is 34.0. The number of thiazole rings is 1. The van der Waals surface area contributed by atoms with Gasteiger partial charge < -0.3 is 39.9 Å². The van der Waals surface area contributed by atoms with Crippen LogP contribution in [0.4, 0.5) is 30.2 Å². The zero-order valence-corrected chi connectivity index (χ0v) is 42.4. The summed E-state index contributed by atoms with van der Waals surface area (Å²) in [6.07, 6.45) is -5.65.